The summed E-state index contributed by atoms with van der Waals surface area (Å²) in [6.45, 7) is 9.33. The Bertz CT molecular complexity index is 348. The maximum atomic E-state index is 2.44. The third-order valence-electron chi connectivity index (χ3n) is 4.10. The first kappa shape index (κ1) is 11.2. The fourth-order valence-corrected chi connectivity index (χ4v) is 4.24. The monoisotopic (exact) mass is 222 g/mol. The van der Waals surface area contributed by atoms with Gasteiger partial charge in [-0.15, -0.1) is 11.3 Å². The van der Waals surface area contributed by atoms with Gasteiger partial charge in [0.2, 0.25) is 0 Å². The molecular weight excluding hydrogens is 200 g/mol. The van der Waals surface area contributed by atoms with Gasteiger partial charge in [0.25, 0.3) is 0 Å². The average molecular weight is 222 g/mol. The van der Waals surface area contributed by atoms with Crippen LogP contribution in [0.3, 0.4) is 0 Å². The molecule has 0 aliphatic heterocycles. The predicted molar refractivity (Wildman–Crippen MR) is 68.9 cm³/mol. The van der Waals surface area contributed by atoms with Crippen molar-refractivity contribution in [3.63, 3.8) is 0 Å². The minimum atomic E-state index is 0.851. The molecule has 0 bridgehead atoms. The average Bonchev–Trinajstić information content (AvgIpc) is 2.43. The van der Waals surface area contributed by atoms with Crippen molar-refractivity contribution in [1.29, 1.82) is 0 Å². The van der Waals surface area contributed by atoms with E-state index in [2.05, 4.69) is 27.7 Å². The molecule has 0 radical (unpaired) electrons. The number of rotatable bonds is 1. The lowest BCUT2D eigenvalue weighted by Crippen LogP contribution is -2.15. The zero-order valence-corrected chi connectivity index (χ0v) is 11.2. The molecule has 0 amide bonds. The Morgan fingerprint density at radius 1 is 1.00 bits per heavy atom. The van der Waals surface area contributed by atoms with E-state index >= 15 is 0 Å². The van der Waals surface area contributed by atoms with E-state index in [0.717, 1.165) is 11.8 Å². The lowest BCUT2D eigenvalue weighted by atomic mass is 9.75. The first-order valence-electron chi connectivity index (χ1n) is 6.17. The molecule has 2 atom stereocenters. The Morgan fingerprint density at radius 2 is 1.67 bits per heavy atom. The molecule has 2 rings (SSSR count). The van der Waals surface area contributed by atoms with Crippen LogP contribution in [0.4, 0.5) is 0 Å². The number of hydrogen-bond acceptors (Lipinski definition) is 1. The molecule has 1 saturated carbocycles. The van der Waals surface area contributed by atoms with E-state index in [9.17, 15) is 0 Å². The van der Waals surface area contributed by atoms with E-state index in [1.807, 2.05) is 11.3 Å². The minimum absolute atomic E-state index is 0.851. The van der Waals surface area contributed by atoms with Gasteiger partial charge in [0.1, 0.15) is 0 Å². The van der Waals surface area contributed by atoms with Crippen LogP contribution in [0.15, 0.2) is 0 Å². The van der Waals surface area contributed by atoms with Crippen LogP contribution in [0, 0.1) is 26.7 Å². The van der Waals surface area contributed by atoms with E-state index in [1.54, 1.807) is 16.0 Å². The number of aryl methyl sites for hydroxylation is 2. The molecule has 1 aromatic heterocycles. The molecule has 1 aromatic rings. The second-order valence-corrected chi connectivity index (χ2v) is 6.55. The topological polar surface area (TPSA) is 0 Å². The molecule has 1 aliphatic carbocycles. The molecule has 0 N–H and O–H groups in total. The summed E-state index contributed by atoms with van der Waals surface area (Å²) in [6.07, 6.45) is 5.72. The van der Waals surface area contributed by atoms with Crippen molar-refractivity contribution < 1.29 is 0 Å². The second kappa shape index (κ2) is 4.29. The van der Waals surface area contributed by atoms with Crippen molar-refractivity contribution in [3.05, 3.63) is 20.9 Å². The van der Waals surface area contributed by atoms with Crippen LogP contribution in [0.25, 0.3) is 0 Å². The highest BCUT2D eigenvalue weighted by Gasteiger charge is 2.26. The smallest absolute Gasteiger partial charge is 0.00547 e. The molecule has 84 valence electrons. The lowest BCUT2D eigenvalue weighted by Gasteiger charge is -2.29. The van der Waals surface area contributed by atoms with Gasteiger partial charge >= 0.3 is 0 Å². The van der Waals surface area contributed by atoms with Crippen LogP contribution in [0.2, 0.25) is 0 Å². The van der Waals surface area contributed by atoms with Gasteiger partial charge in [-0.25, -0.2) is 0 Å². The zero-order chi connectivity index (χ0) is 11.0. The summed E-state index contributed by atoms with van der Waals surface area (Å²) in [5.74, 6) is 1.74. The highest BCUT2D eigenvalue weighted by atomic mass is 32.1. The van der Waals surface area contributed by atoms with Crippen LogP contribution >= 0.6 is 11.3 Å². The second-order valence-electron chi connectivity index (χ2n) is 5.12. The van der Waals surface area contributed by atoms with Crippen LogP contribution in [0.1, 0.15) is 59.4 Å². The first-order chi connectivity index (χ1) is 7.11. The van der Waals surface area contributed by atoms with Gasteiger partial charge in [-0.1, -0.05) is 26.2 Å². The van der Waals surface area contributed by atoms with Crippen LogP contribution in [-0.4, -0.2) is 0 Å². The Balaban J connectivity index is 2.35. The Kier molecular flexibility index (Phi) is 3.20. The van der Waals surface area contributed by atoms with Gasteiger partial charge < -0.3 is 0 Å². The summed E-state index contributed by atoms with van der Waals surface area (Å²) < 4.78 is 0. The SMILES string of the molecule is Cc1sc(C)c([C@H]2CCCC[C@@H]2C)c1C. The molecule has 1 aliphatic rings. The standard InChI is InChI=1S/C14H22S/c1-9-7-5-6-8-13(9)14-10(2)11(3)15-12(14)4/h9,13H,5-8H2,1-4H3/t9-,13-/m0/s1. The first-order valence-corrected chi connectivity index (χ1v) is 6.99. The van der Waals surface area contributed by atoms with Crippen molar-refractivity contribution >= 4 is 11.3 Å². The molecule has 0 saturated heterocycles. The normalized spacial score (nSPS) is 26.9. The van der Waals surface area contributed by atoms with Crippen LogP contribution < -0.4 is 0 Å². The molecule has 0 spiro atoms. The van der Waals surface area contributed by atoms with E-state index in [-0.39, 0.29) is 0 Å². The molecule has 0 aromatic carbocycles. The fourth-order valence-electron chi connectivity index (χ4n) is 3.10. The van der Waals surface area contributed by atoms with E-state index < -0.39 is 0 Å². The molecular formula is C14H22S. The molecule has 15 heavy (non-hydrogen) atoms. The zero-order valence-electron chi connectivity index (χ0n) is 10.4. The highest BCUT2D eigenvalue weighted by Crippen LogP contribution is 2.43. The lowest BCUT2D eigenvalue weighted by molar-refractivity contribution is 0.329. The van der Waals surface area contributed by atoms with Gasteiger partial charge in [-0.3, -0.25) is 0 Å². The minimum Gasteiger partial charge on any atom is -0.145 e. The Labute approximate surface area is 97.7 Å². The summed E-state index contributed by atoms with van der Waals surface area (Å²) >= 11 is 1.99. The third-order valence-corrected chi connectivity index (χ3v) is 5.24. The van der Waals surface area contributed by atoms with Gasteiger partial charge in [-0.05, 0) is 50.2 Å². The van der Waals surface area contributed by atoms with Crippen LogP contribution in [-0.2, 0) is 0 Å². The summed E-state index contributed by atoms with van der Waals surface area (Å²) in [6, 6.07) is 0. The van der Waals surface area contributed by atoms with Gasteiger partial charge in [-0.2, -0.15) is 0 Å². The van der Waals surface area contributed by atoms with Gasteiger partial charge in [0.15, 0.2) is 0 Å². The summed E-state index contributed by atoms with van der Waals surface area (Å²) in [5.41, 5.74) is 3.28. The molecule has 0 nitrogen and oxygen atoms in total. The molecule has 0 unspecified atom stereocenters. The maximum absolute atomic E-state index is 2.44. The van der Waals surface area contributed by atoms with Crippen molar-refractivity contribution in [2.45, 2.75) is 59.3 Å². The molecule has 1 heteroatoms. The van der Waals surface area contributed by atoms with Crippen molar-refractivity contribution in [1.82, 2.24) is 0 Å². The molecule has 1 fully saturated rings. The summed E-state index contributed by atoms with van der Waals surface area (Å²) in [4.78, 5) is 3.10. The van der Waals surface area contributed by atoms with E-state index in [0.29, 0.717) is 0 Å². The quantitative estimate of drug-likeness (QED) is 0.629. The van der Waals surface area contributed by atoms with E-state index in [1.165, 1.54) is 30.6 Å². The van der Waals surface area contributed by atoms with Crippen LogP contribution in [0.5, 0.6) is 0 Å². The fraction of sp³-hybridized carbons (Fsp3) is 0.714. The Hall–Kier alpha value is -0.300. The van der Waals surface area contributed by atoms with Crippen molar-refractivity contribution in [3.8, 4) is 0 Å². The third kappa shape index (κ3) is 1.99. The van der Waals surface area contributed by atoms with Gasteiger partial charge in [0, 0.05) is 9.75 Å². The number of thiophene rings is 1. The summed E-state index contributed by atoms with van der Waals surface area (Å²) in [7, 11) is 0. The number of hydrogen-bond donors (Lipinski definition) is 0. The van der Waals surface area contributed by atoms with Gasteiger partial charge in [0.05, 0.1) is 0 Å². The van der Waals surface area contributed by atoms with Crippen molar-refractivity contribution in [2.75, 3.05) is 0 Å². The predicted octanol–water partition coefficient (Wildman–Crippen LogP) is 4.97. The Morgan fingerprint density at radius 3 is 2.20 bits per heavy atom. The van der Waals surface area contributed by atoms with Crippen molar-refractivity contribution in [2.24, 2.45) is 5.92 Å². The highest BCUT2D eigenvalue weighted by molar-refractivity contribution is 7.12. The largest absolute Gasteiger partial charge is 0.145 e. The summed E-state index contributed by atoms with van der Waals surface area (Å²) in [5, 5.41) is 0. The molecule has 1 heterocycles. The maximum Gasteiger partial charge on any atom is 0.00547 e. The van der Waals surface area contributed by atoms with E-state index in [4.69, 9.17) is 0 Å².